The van der Waals surface area contributed by atoms with Gasteiger partial charge in [0.15, 0.2) is 0 Å². The van der Waals surface area contributed by atoms with Gasteiger partial charge in [-0.05, 0) is 76.4 Å². The molecule has 0 saturated heterocycles. The average molecular weight is 482 g/mol. The van der Waals surface area contributed by atoms with Crippen molar-refractivity contribution in [2.45, 2.75) is 91.7 Å². The van der Waals surface area contributed by atoms with Gasteiger partial charge in [-0.2, -0.15) is 0 Å². The van der Waals surface area contributed by atoms with Crippen LogP contribution in [0.4, 0.5) is 0 Å². The summed E-state index contributed by atoms with van der Waals surface area (Å²) in [4.78, 5) is 17.7. The van der Waals surface area contributed by atoms with Gasteiger partial charge in [0.05, 0.1) is 0 Å². The van der Waals surface area contributed by atoms with Gasteiger partial charge in [-0.1, -0.05) is 51.7 Å². The predicted molar refractivity (Wildman–Crippen MR) is 146 cm³/mol. The molecular weight excluding hydrogens is 434 g/mol. The zero-order valence-corrected chi connectivity index (χ0v) is 23.3. The molecule has 2 N–H and O–H groups in total. The largest absolute Gasteiger partial charge is 0.378 e. The van der Waals surface area contributed by atoms with Crippen LogP contribution < -0.4 is 5.32 Å². The van der Waals surface area contributed by atoms with Gasteiger partial charge in [0.1, 0.15) is 11.6 Å². The number of amides is 1. The van der Waals surface area contributed by atoms with E-state index < -0.39 is 5.60 Å². The smallest absolute Gasteiger partial charge is 0.243 e. The molecule has 1 aromatic rings. The third kappa shape index (κ3) is 7.12. The number of carbonyl (C=O) groups is 1. The van der Waals surface area contributed by atoms with E-state index in [1.165, 1.54) is 11.1 Å². The molecular formula is C30H47N3O2. The van der Waals surface area contributed by atoms with Crippen molar-refractivity contribution in [3.63, 3.8) is 0 Å². The van der Waals surface area contributed by atoms with Crippen LogP contribution in [-0.4, -0.2) is 65.2 Å². The third-order valence-electron chi connectivity index (χ3n) is 7.53. The Labute approximate surface area is 214 Å². The highest BCUT2D eigenvalue weighted by atomic mass is 16.3. The molecule has 1 aromatic carbocycles. The van der Waals surface area contributed by atoms with Crippen molar-refractivity contribution in [2.24, 2.45) is 0 Å². The van der Waals surface area contributed by atoms with Crippen molar-refractivity contribution >= 4 is 5.91 Å². The Morgan fingerprint density at radius 3 is 2.34 bits per heavy atom. The molecule has 5 heteroatoms. The monoisotopic (exact) mass is 481 g/mol. The van der Waals surface area contributed by atoms with Crippen molar-refractivity contribution in [3.8, 4) is 11.8 Å². The van der Waals surface area contributed by atoms with E-state index in [-0.39, 0.29) is 17.4 Å². The molecule has 1 atom stereocenters. The van der Waals surface area contributed by atoms with E-state index in [4.69, 9.17) is 0 Å². The van der Waals surface area contributed by atoms with Gasteiger partial charge in [0.25, 0.3) is 0 Å². The van der Waals surface area contributed by atoms with Crippen LogP contribution in [0.2, 0.25) is 0 Å². The Morgan fingerprint density at radius 2 is 1.83 bits per heavy atom. The molecule has 1 heterocycles. The summed E-state index contributed by atoms with van der Waals surface area (Å²) in [6, 6.07) is 6.36. The Morgan fingerprint density at radius 1 is 1.17 bits per heavy atom. The van der Waals surface area contributed by atoms with E-state index in [1.54, 1.807) is 13.8 Å². The van der Waals surface area contributed by atoms with Crippen LogP contribution in [0, 0.1) is 18.8 Å². The van der Waals surface area contributed by atoms with E-state index in [0.717, 1.165) is 56.6 Å². The van der Waals surface area contributed by atoms with Crippen LogP contribution in [0.25, 0.3) is 0 Å². The van der Waals surface area contributed by atoms with E-state index >= 15 is 0 Å². The van der Waals surface area contributed by atoms with E-state index in [1.807, 2.05) is 0 Å². The lowest BCUT2D eigenvalue weighted by atomic mass is 9.69. The van der Waals surface area contributed by atoms with E-state index in [0.29, 0.717) is 6.54 Å². The quantitative estimate of drug-likeness (QED) is 0.453. The Kier molecular flexibility index (Phi) is 10.4. The first-order valence-corrected chi connectivity index (χ1v) is 13.4. The van der Waals surface area contributed by atoms with Gasteiger partial charge in [0, 0.05) is 43.2 Å². The van der Waals surface area contributed by atoms with Gasteiger partial charge in [0.2, 0.25) is 5.91 Å². The molecule has 5 nitrogen and oxygen atoms in total. The van der Waals surface area contributed by atoms with Gasteiger partial charge >= 0.3 is 0 Å². The van der Waals surface area contributed by atoms with E-state index in [9.17, 15) is 9.90 Å². The minimum Gasteiger partial charge on any atom is -0.378 e. The number of likely N-dealkylation sites (N-methyl/N-ethyl adjacent to an activating group) is 2. The minimum atomic E-state index is -1.01. The standard InChI is InChI=1S/C30H47N3O2/c1-9-30(10-2,25-15-14-24(23(6)20-25)16-17-29(7,8)35)26-21-27(33(13-5)22-26)28(34)31-18-19-32(11-3)12-4/h14-15,20,22,27,35H,9-13,18-19,21H2,1-8H3,(H,31,34). The highest BCUT2D eigenvalue weighted by Gasteiger charge is 2.40. The zero-order valence-electron chi connectivity index (χ0n) is 23.3. The van der Waals surface area contributed by atoms with Crippen molar-refractivity contribution in [2.75, 3.05) is 32.7 Å². The normalized spacial score (nSPS) is 16.2. The summed E-state index contributed by atoms with van der Waals surface area (Å²) in [5.41, 5.74) is 3.54. The van der Waals surface area contributed by atoms with Crippen LogP contribution in [0.5, 0.6) is 0 Å². The fraction of sp³-hybridized carbons (Fsp3) is 0.633. The van der Waals surface area contributed by atoms with Crippen LogP contribution in [0.15, 0.2) is 30.0 Å². The molecule has 0 spiro atoms. The molecule has 35 heavy (non-hydrogen) atoms. The highest BCUT2D eigenvalue weighted by Crippen LogP contribution is 2.44. The molecule has 0 fully saturated rings. The third-order valence-corrected chi connectivity index (χ3v) is 7.53. The molecule has 194 valence electrons. The van der Waals surface area contributed by atoms with Crippen LogP contribution >= 0.6 is 0 Å². The predicted octanol–water partition coefficient (Wildman–Crippen LogP) is 4.61. The molecule has 0 radical (unpaired) electrons. The van der Waals surface area contributed by atoms with Crippen LogP contribution in [0.3, 0.4) is 0 Å². The zero-order chi connectivity index (χ0) is 26.2. The SMILES string of the molecule is CCN(CC)CCNC(=O)C1CC(C(CC)(CC)c2ccc(C#CC(C)(C)O)c(C)c2)=CN1CC. The molecule has 0 aromatic heterocycles. The summed E-state index contributed by atoms with van der Waals surface area (Å²) in [5, 5.41) is 13.2. The summed E-state index contributed by atoms with van der Waals surface area (Å²) in [6.45, 7) is 20.8. The second-order valence-electron chi connectivity index (χ2n) is 10.2. The summed E-state index contributed by atoms with van der Waals surface area (Å²) in [7, 11) is 0. The maximum Gasteiger partial charge on any atom is 0.243 e. The lowest BCUT2D eigenvalue weighted by molar-refractivity contribution is -0.125. The van der Waals surface area contributed by atoms with E-state index in [2.05, 4.69) is 92.9 Å². The fourth-order valence-corrected chi connectivity index (χ4v) is 5.16. The number of carbonyl (C=O) groups excluding carboxylic acids is 1. The first-order valence-electron chi connectivity index (χ1n) is 13.4. The van der Waals surface area contributed by atoms with Gasteiger partial charge < -0.3 is 20.2 Å². The number of aliphatic hydroxyl groups is 1. The number of rotatable bonds is 11. The lowest BCUT2D eigenvalue weighted by Crippen LogP contribution is -2.45. The molecule has 0 bridgehead atoms. The first-order chi connectivity index (χ1) is 16.5. The number of nitrogens with zero attached hydrogens (tertiary/aromatic N) is 2. The maximum absolute atomic E-state index is 13.2. The Hall–Kier alpha value is -2.29. The first kappa shape index (κ1) is 28.9. The van der Waals surface area contributed by atoms with Crippen molar-refractivity contribution in [1.82, 2.24) is 15.1 Å². The van der Waals surface area contributed by atoms with Crippen molar-refractivity contribution in [1.29, 1.82) is 0 Å². The fourth-order valence-electron chi connectivity index (χ4n) is 5.16. The topological polar surface area (TPSA) is 55.8 Å². The summed E-state index contributed by atoms with van der Waals surface area (Å²) in [6.07, 6.45) is 4.94. The molecule has 0 aliphatic carbocycles. The average Bonchev–Trinajstić information content (AvgIpc) is 3.27. The number of hydrogen-bond donors (Lipinski definition) is 2. The van der Waals surface area contributed by atoms with Gasteiger partial charge in [-0.25, -0.2) is 0 Å². The highest BCUT2D eigenvalue weighted by molar-refractivity contribution is 5.83. The molecule has 2 rings (SSSR count). The molecule has 1 unspecified atom stereocenters. The Balaban J connectivity index is 2.28. The molecule has 1 amide bonds. The molecule has 1 aliphatic heterocycles. The van der Waals surface area contributed by atoms with Crippen molar-refractivity contribution in [3.05, 3.63) is 46.7 Å². The minimum absolute atomic E-state index is 0.114. The number of nitrogens with one attached hydrogen (secondary N) is 1. The molecule has 0 saturated carbocycles. The second kappa shape index (κ2) is 12.6. The summed E-state index contributed by atoms with van der Waals surface area (Å²) in [5.74, 6) is 6.18. The lowest BCUT2D eigenvalue weighted by Gasteiger charge is -2.34. The number of benzene rings is 1. The maximum atomic E-state index is 13.2. The van der Waals surface area contributed by atoms with Crippen LogP contribution in [0.1, 0.15) is 84.4 Å². The summed E-state index contributed by atoms with van der Waals surface area (Å²) >= 11 is 0. The number of hydrogen-bond acceptors (Lipinski definition) is 4. The van der Waals surface area contributed by atoms with Crippen molar-refractivity contribution < 1.29 is 9.90 Å². The summed E-state index contributed by atoms with van der Waals surface area (Å²) < 4.78 is 0. The van der Waals surface area contributed by atoms with Gasteiger partial charge in [-0.15, -0.1) is 0 Å². The Bertz CT molecular complexity index is 941. The van der Waals surface area contributed by atoms with Crippen LogP contribution in [-0.2, 0) is 10.2 Å². The molecule has 1 aliphatic rings. The van der Waals surface area contributed by atoms with Gasteiger partial charge in [-0.3, -0.25) is 4.79 Å². The number of aryl methyl sites for hydroxylation is 1. The second-order valence-corrected chi connectivity index (χ2v) is 10.2.